The fraction of sp³-hybridized carbons (Fsp3) is 0.429. The van der Waals surface area contributed by atoms with Crippen molar-refractivity contribution in [3.8, 4) is 11.3 Å². The van der Waals surface area contributed by atoms with Crippen LogP contribution < -0.4 is 0 Å². The second kappa shape index (κ2) is 9.46. The largest absolute Gasteiger partial charge is 0.469 e. The highest BCUT2D eigenvalue weighted by molar-refractivity contribution is 5.95. The number of ether oxygens (including phenoxy) is 1. The quantitative estimate of drug-likeness (QED) is 0.536. The minimum absolute atomic E-state index is 0.0841. The van der Waals surface area contributed by atoms with Gasteiger partial charge < -0.3 is 14.4 Å². The Kier molecular flexibility index (Phi) is 7.30. The van der Waals surface area contributed by atoms with E-state index in [9.17, 15) is 19.1 Å². The van der Waals surface area contributed by atoms with Gasteiger partial charge in [0.05, 0.1) is 13.2 Å². The van der Waals surface area contributed by atoms with Gasteiger partial charge in [-0.1, -0.05) is 13.8 Å². The van der Waals surface area contributed by atoms with E-state index in [4.69, 9.17) is 0 Å². The van der Waals surface area contributed by atoms with Gasteiger partial charge in [-0.2, -0.15) is 0 Å². The van der Waals surface area contributed by atoms with Crippen LogP contribution in [0.25, 0.3) is 11.3 Å². The van der Waals surface area contributed by atoms with Crippen LogP contribution in [0.2, 0.25) is 0 Å². The summed E-state index contributed by atoms with van der Waals surface area (Å²) in [5.74, 6) is -0.958. The molecule has 0 saturated heterocycles. The third-order valence-corrected chi connectivity index (χ3v) is 4.46. The number of carbonyl (C=O) groups excluding carboxylic acids is 2. The minimum Gasteiger partial charge on any atom is -0.469 e. The first-order valence-electron chi connectivity index (χ1n) is 9.03. The van der Waals surface area contributed by atoms with Gasteiger partial charge in [0.2, 0.25) is 0 Å². The number of aliphatic hydroxyl groups is 1. The summed E-state index contributed by atoms with van der Waals surface area (Å²) in [4.78, 5) is 22.9. The van der Waals surface area contributed by atoms with Crippen LogP contribution in [0.15, 0.2) is 36.4 Å². The average Bonchev–Trinajstić information content (AvgIpc) is 3.04. The smallest absolute Gasteiger partial charge is 0.313 e. The van der Waals surface area contributed by atoms with Crippen LogP contribution in [-0.4, -0.2) is 34.6 Å². The molecular formula is C21H26FNO4. The summed E-state index contributed by atoms with van der Waals surface area (Å²) in [7, 11) is 1.22. The molecule has 1 unspecified atom stereocenters. The van der Waals surface area contributed by atoms with Crippen LogP contribution in [0.3, 0.4) is 0 Å². The molecule has 27 heavy (non-hydrogen) atoms. The summed E-state index contributed by atoms with van der Waals surface area (Å²) >= 11 is 0. The number of nitrogens with zero attached hydrogens (tertiary/aromatic N) is 1. The molecule has 0 saturated carbocycles. The summed E-state index contributed by atoms with van der Waals surface area (Å²) in [5.41, 5.74) is 2.92. The molecule has 0 aliphatic rings. The first-order chi connectivity index (χ1) is 12.8. The van der Waals surface area contributed by atoms with E-state index in [0.717, 1.165) is 17.0 Å². The molecule has 1 aromatic heterocycles. The molecule has 0 aliphatic carbocycles. The fourth-order valence-corrected chi connectivity index (χ4v) is 3.06. The molecule has 0 amide bonds. The Morgan fingerprint density at radius 1 is 1.15 bits per heavy atom. The van der Waals surface area contributed by atoms with E-state index >= 15 is 0 Å². The highest BCUT2D eigenvalue weighted by Crippen LogP contribution is 2.27. The van der Waals surface area contributed by atoms with Crippen molar-refractivity contribution < 1.29 is 23.8 Å². The molecule has 5 nitrogen and oxygen atoms in total. The number of methoxy groups -OCH3 is 1. The first-order valence-corrected chi connectivity index (χ1v) is 9.03. The number of hydrogen-bond acceptors (Lipinski definition) is 4. The lowest BCUT2D eigenvalue weighted by Crippen LogP contribution is -2.19. The number of hydrogen-bond donors (Lipinski definition) is 1. The van der Waals surface area contributed by atoms with Crippen molar-refractivity contribution in [2.75, 3.05) is 7.11 Å². The molecule has 0 fully saturated rings. The van der Waals surface area contributed by atoms with Crippen LogP contribution in [0.5, 0.6) is 0 Å². The zero-order chi connectivity index (χ0) is 20.0. The van der Waals surface area contributed by atoms with Gasteiger partial charge in [-0.05, 0) is 54.3 Å². The SMILES string of the molecule is COC(=O)CC(=O)CC(O)CCn1c(-c2ccc(F)cc2)ccc1C(C)C. The number of esters is 1. The van der Waals surface area contributed by atoms with E-state index in [2.05, 4.69) is 23.2 Å². The third kappa shape index (κ3) is 5.76. The molecule has 6 heteroatoms. The highest BCUT2D eigenvalue weighted by Gasteiger charge is 2.17. The number of Topliss-reactive ketones (excluding diaryl/α,β-unsaturated/α-hetero) is 1. The molecule has 1 aromatic carbocycles. The van der Waals surface area contributed by atoms with Gasteiger partial charge in [0.1, 0.15) is 18.0 Å². The number of rotatable bonds is 9. The lowest BCUT2D eigenvalue weighted by Gasteiger charge is -2.18. The number of benzene rings is 1. The van der Waals surface area contributed by atoms with Gasteiger partial charge in [-0.3, -0.25) is 9.59 Å². The number of ketones is 1. The van der Waals surface area contributed by atoms with E-state index in [0.29, 0.717) is 13.0 Å². The van der Waals surface area contributed by atoms with Gasteiger partial charge in [-0.25, -0.2) is 4.39 Å². The molecule has 2 aromatic rings. The monoisotopic (exact) mass is 375 g/mol. The molecule has 0 bridgehead atoms. The lowest BCUT2D eigenvalue weighted by atomic mass is 10.1. The average molecular weight is 375 g/mol. The maximum absolute atomic E-state index is 13.2. The molecule has 2 rings (SSSR count). The zero-order valence-corrected chi connectivity index (χ0v) is 15.9. The summed E-state index contributed by atoms with van der Waals surface area (Å²) in [6, 6.07) is 10.3. The van der Waals surface area contributed by atoms with Crippen molar-refractivity contribution in [3.63, 3.8) is 0 Å². The van der Waals surface area contributed by atoms with E-state index in [-0.39, 0.29) is 30.4 Å². The van der Waals surface area contributed by atoms with Gasteiger partial charge in [0, 0.05) is 24.4 Å². The Bertz CT molecular complexity index is 780. The fourth-order valence-electron chi connectivity index (χ4n) is 3.06. The second-order valence-electron chi connectivity index (χ2n) is 6.89. The lowest BCUT2D eigenvalue weighted by molar-refractivity contribution is -0.143. The molecule has 1 N–H and O–H groups in total. The molecular weight excluding hydrogens is 349 g/mol. The molecule has 0 radical (unpaired) electrons. The number of carbonyl (C=O) groups is 2. The van der Waals surface area contributed by atoms with E-state index in [1.165, 1.54) is 19.2 Å². The number of aromatic nitrogens is 1. The van der Waals surface area contributed by atoms with Crippen molar-refractivity contribution in [2.24, 2.45) is 0 Å². The topological polar surface area (TPSA) is 68.5 Å². The Balaban J connectivity index is 2.10. The summed E-state index contributed by atoms with van der Waals surface area (Å²) in [6.45, 7) is 4.67. The van der Waals surface area contributed by atoms with Crippen molar-refractivity contribution in [1.82, 2.24) is 4.57 Å². The molecule has 146 valence electrons. The molecule has 1 heterocycles. The second-order valence-corrected chi connectivity index (χ2v) is 6.89. The van der Waals surface area contributed by atoms with Crippen LogP contribution in [0.4, 0.5) is 4.39 Å². The van der Waals surface area contributed by atoms with E-state index in [1.807, 2.05) is 12.1 Å². The first kappa shape index (κ1) is 20.8. The number of aliphatic hydroxyl groups excluding tert-OH is 1. The van der Waals surface area contributed by atoms with Crippen molar-refractivity contribution in [2.45, 2.75) is 51.7 Å². The highest BCUT2D eigenvalue weighted by atomic mass is 19.1. The van der Waals surface area contributed by atoms with Gasteiger partial charge in [0.15, 0.2) is 0 Å². The maximum atomic E-state index is 13.2. The zero-order valence-electron chi connectivity index (χ0n) is 15.9. The van der Waals surface area contributed by atoms with E-state index in [1.54, 1.807) is 12.1 Å². The van der Waals surface area contributed by atoms with Crippen molar-refractivity contribution >= 4 is 11.8 Å². The van der Waals surface area contributed by atoms with Gasteiger partial charge >= 0.3 is 5.97 Å². The normalized spacial score (nSPS) is 12.2. The Morgan fingerprint density at radius 2 is 1.81 bits per heavy atom. The van der Waals surface area contributed by atoms with Crippen LogP contribution >= 0.6 is 0 Å². The van der Waals surface area contributed by atoms with Crippen LogP contribution in [-0.2, 0) is 20.9 Å². The maximum Gasteiger partial charge on any atom is 0.313 e. The standard InChI is InChI=1S/C21H26FNO4/c1-14(2)19-8-9-20(15-4-6-16(22)7-5-15)23(19)11-10-17(24)12-18(25)13-21(26)27-3/h4-9,14,17,24H,10-13H2,1-3H3. The molecule has 0 aliphatic heterocycles. The van der Waals surface area contributed by atoms with Crippen LogP contribution in [0.1, 0.15) is 44.7 Å². The Labute approximate surface area is 158 Å². The van der Waals surface area contributed by atoms with Gasteiger partial charge in [-0.15, -0.1) is 0 Å². The minimum atomic E-state index is -0.842. The summed E-state index contributed by atoms with van der Waals surface area (Å²) in [6.07, 6.45) is -0.880. The predicted octanol–water partition coefficient (Wildman–Crippen LogP) is 3.69. The molecule has 1 atom stereocenters. The third-order valence-electron chi connectivity index (χ3n) is 4.46. The summed E-state index contributed by atoms with van der Waals surface area (Å²) in [5, 5.41) is 10.2. The Hall–Kier alpha value is -2.47. The van der Waals surface area contributed by atoms with Crippen LogP contribution in [0, 0.1) is 5.82 Å². The Morgan fingerprint density at radius 3 is 2.41 bits per heavy atom. The van der Waals surface area contributed by atoms with Crippen molar-refractivity contribution in [1.29, 1.82) is 0 Å². The van der Waals surface area contributed by atoms with Crippen molar-refractivity contribution in [3.05, 3.63) is 47.9 Å². The van der Waals surface area contributed by atoms with Gasteiger partial charge in [0.25, 0.3) is 0 Å². The number of halogens is 1. The molecule has 0 spiro atoms. The van der Waals surface area contributed by atoms with E-state index < -0.39 is 12.1 Å². The predicted molar refractivity (Wildman–Crippen MR) is 101 cm³/mol. The summed E-state index contributed by atoms with van der Waals surface area (Å²) < 4.78 is 19.8.